The lowest BCUT2D eigenvalue weighted by atomic mass is 10.0. The van der Waals surface area contributed by atoms with Crippen LogP contribution >= 0.6 is 0 Å². The molecule has 0 amide bonds. The van der Waals surface area contributed by atoms with E-state index in [2.05, 4.69) is 44.3 Å². The highest BCUT2D eigenvalue weighted by molar-refractivity contribution is 5.38. The van der Waals surface area contributed by atoms with Gasteiger partial charge >= 0.3 is 0 Å². The summed E-state index contributed by atoms with van der Waals surface area (Å²) in [6, 6.07) is 6.69. The molecule has 0 saturated heterocycles. The maximum atomic E-state index is 5.88. The van der Waals surface area contributed by atoms with E-state index in [1.54, 1.807) is 7.11 Å². The molecular formula is C16H27NO2. The lowest BCUT2D eigenvalue weighted by Crippen LogP contribution is -2.20. The van der Waals surface area contributed by atoms with E-state index in [0.717, 1.165) is 31.7 Å². The Morgan fingerprint density at radius 1 is 1.26 bits per heavy atom. The van der Waals surface area contributed by atoms with E-state index in [1.165, 1.54) is 11.1 Å². The minimum atomic E-state index is 0.317. The zero-order valence-electron chi connectivity index (χ0n) is 12.7. The molecule has 108 valence electrons. The van der Waals surface area contributed by atoms with Gasteiger partial charge in [-0.2, -0.15) is 0 Å². The fourth-order valence-electron chi connectivity index (χ4n) is 1.99. The Labute approximate surface area is 117 Å². The second-order valence-corrected chi connectivity index (χ2v) is 4.91. The van der Waals surface area contributed by atoms with Crippen LogP contribution in [0.5, 0.6) is 5.75 Å². The Morgan fingerprint density at radius 2 is 2.05 bits per heavy atom. The van der Waals surface area contributed by atoms with Crippen molar-refractivity contribution in [1.82, 2.24) is 5.32 Å². The highest BCUT2D eigenvalue weighted by Crippen LogP contribution is 2.26. The standard InChI is InChI=1S/C16H27NO2/c1-5-9-17-14(3)15-12-13(2)7-8-16(15)19-11-6-10-18-4/h7-8,12,14,17H,5-6,9-11H2,1-4H3. The van der Waals surface area contributed by atoms with E-state index in [9.17, 15) is 0 Å². The van der Waals surface area contributed by atoms with E-state index in [0.29, 0.717) is 12.6 Å². The molecule has 0 radical (unpaired) electrons. The minimum absolute atomic E-state index is 0.317. The van der Waals surface area contributed by atoms with Gasteiger partial charge in [0.1, 0.15) is 5.75 Å². The van der Waals surface area contributed by atoms with Gasteiger partial charge in [0.05, 0.1) is 6.61 Å². The van der Waals surface area contributed by atoms with Gasteiger partial charge < -0.3 is 14.8 Å². The quantitative estimate of drug-likeness (QED) is 0.693. The summed E-state index contributed by atoms with van der Waals surface area (Å²) in [6.07, 6.45) is 2.06. The van der Waals surface area contributed by atoms with Gasteiger partial charge in [-0.25, -0.2) is 0 Å². The third kappa shape index (κ3) is 5.62. The number of hydrogen-bond donors (Lipinski definition) is 1. The van der Waals surface area contributed by atoms with Crippen LogP contribution < -0.4 is 10.1 Å². The molecule has 19 heavy (non-hydrogen) atoms. The zero-order valence-corrected chi connectivity index (χ0v) is 12.7. The smallest absolute Gasteiger partial charge is 0.124 e. The molecule has 1 rings (SSSR count). The van der Waals surface area contributed by atoms with Crippen molar-refractivity contribution in [2.24, 2.45) is 0 Å². The summed E-state index contributed by atoms with van der Waals surface area (Å²) < 4.78 is 10.9. The minimum Gasteiger partial charge on any atom is -0.493 e. The average Bonchev–Trinajstić information content (AvgIpc) is 2.42. The van der Waals surface area contributed by atoms with Crippen molar-refractivity contribution in [2.45, 2.75) is 39.7 Å². The first-order valence-electron chi connectivity index (χ1n) is 7.14. The second kappa shape index (κ2) is 8.94. The molecule has 0 aliphatic carbocycles. The Balaban J connectivity index is 2.67. The summed E-state index contributed by atoms with van der Waals surface area (Å²) in [7, 11) is 1.72. The molecule has 0 saturated carbocycles. The fourth-order valence-corrected chi connectivity index (χ4v) is 1.99. The van der Waals surface area contributed by atoms with Crippen LogP contribution in [0.15, 0.2) is 18.2 Å². The van der Waals surface area contributed by atoms with Gasteiger partial charge in [0.25, 0.3) is 0 Å². The predicted molar refractivity (Wildman–Crippen MR) is 79.9 cm³/mol. The predicted octanol–water partition coefficient (Wildman–Crippen LogP) is 3.47. The van der Waals surface area contributed by atoms with Crippen molar-refractivity contribution in [1.29, 1.82) is 0 Å². The van der Waals surface area contributed by atoms with Crippen molar-refractivity contribution in [3.8, 4) is 5.75 Å². The molecular weight excluding hydrogens is 238 g/mol. The number of benzene rings is 1. The van der Waals surface area contributed by atoms with Crippen LogP contribution in [0.1, 0.15) is 43.9 Å². The van der Waals surface area contributed by atoms with Gasteiger partial charge in [0.2, 0.25) is 0 Å². The highest BCUT2D eigenvalue weighted by Gasteiger charge is 2.11. The summed E-state index contributed by atoms with van der Waals surface area (Å²) >= 11 is 0. The summed E-state index contributed by atoms with van der Waals surface area (Å²) in [5.41, 5.74) is 2.51. The molecule has 1 N–H and O–H groups in total. The number of methoxy groups -OCH3 is 1. The Kier molecular flexibility index (Phi) is 7.53. The van der Waals surface area contributed by atoms with Gasteiger partial charge in [-0.05, 0) is 32.9 Å². The molecule has 3 nitrogen and oxygen atoms in total. The van der Waals surface area contributed by atoms with E-state index in [-0.39, 0.29) is 0 Å². The van der Waals surface area contributed by atoms with Gasteiger partial charge in [0.15, 0.2) is 0 Å². The van der Waals surface area contributed by atoms with Gasteiger partial charge in [-0.15, -0.1) is 0 Å². The summed E-state index contributed by atoms with van der Waals surface area (Å²) in [6.45, 7) is 8.95. The molecule has 1 aromatic carbocycles. The highest BCUT2D eigenvalue weighted by atomic mass is 16.5. The Hall–Kier alpha value is -1.06. The fraction of sp³-hybridized carbons (Fsp3) is 0.625. The topological polar surface area (TPSA) is 30.5 Å². The van der Waals surface area contributed by atoms with E-state index in [4.69, 9.17) is 9.47 Å². The van der Waals surface area contributed by atoms with Crippen LogP contribution in [0.2, 0.25) is 0 Å². The normalized spacial score (nSPS) is 12.4. The van der Waals surface area contributed by atoms with E-state index >= 15 is 0 Å². The Bertz CT molecular complexity index is 366. The number of nitrogens with one attached hydrogen (secondary N) is 1. The summed E-state index contributed by atoms with van der Waals surface area (Å²) in [5, 5.41) is 3.51. The molecule has 1 aromatic rings. The number of hydrogen-bond acceptors (Lipinski definition) is 3. The van der Waals surface area contributed by atoms with Crippen LogP contribution in [0.3, 0.4) is 0 Å². The first-order chi connectivity index (χ1) is 9.19. The third-order valence-electron chi connectivity index (χ3n) is 3.08. The molecule has 0 bridgehead atoms. The van der Waals surface area contributed by atoms with Crippen LogP contribution in [0, 0.1) is 6.92 Å². The summed E-state index contributed by atoms with van der Waals surface area (Å²) in [4.78, 5) is 0. The molecule has 0 aliphatic rings. The monoisotopic (exact) mass is 265 g/mol. The lowest BCUT2D eigenvalue weighted by molar-refractivity contribution is 0.171. The van der Waals surface area contributed by atoms with Crippen LogP contribution in [-0.4, -0.2) is 26.9 Å². The third-order valence-corrected chi connectivity index (χ3v) is 3.08. The van der Waals surface area contributed by atoms with Gasteiger partial charge in [-0.3, -0.25) is 0 Å². The van der Waals surface area contributed by atoms with E-state index < -0.39 is 0 Å². The SMILES string of the molecule is CCCNC(C)c1cc(C)ccc1OCCCOC. The molecule has 1 unspecified atom stereocenters. The average molecular weight is 265 g/mol. The van der Waals surface area contributed by atoms with Crippen molar-refractivity contribution >= 4 is 0 Å². The lowest BCUT2D eigenvalue weighted by Gasteiger charge is -2.19. The molecule has 0 spiro atoms. The largest absolute Gasteiger partial charge is 0.493 e. The van der Waals surface area contributed by atoms with Crippen LogP contribution in [0.25, 0.3) is 0 Å². The van der Waals surface area contributed by atoms with Gasteiger partial charge in [0, 0.05) is 31.7 Å². The first kappa shape index (κ1) is 16.0. The van der Waals surface area contributed by atoms with Crippen molar-refractivity contribution < 1.29 is 9.47 Å². The maximum absolute atomic E-state index is 5.88. The Morgan fingerprint density at radius 3 is 2.74 bits per heavy atom. The van der Waals surface area contributed by atoms with Gasteiger partial charge in [-0.1, -0.05) is 24.6 Å². The van der Waals surface area contributed by atoms with Crippen LogP contribution in [0.4, 0.5) is 0 Å². The van der Waals surface area contributed by atoms with E-state index in [1.807, 2.05) is 0 Å². The van der Waals surface area contributed by atoms with Crippen molar-refractivity contribution in [3.05, 3.63) is 29.3 Å². The second-order valence-electron chi connectivity index (χ2n) is 4.91. The molecule has 0 aromatic heterocycles. The zero-order chi connectivity index (χ0) is 14.1. The molecule has 0 heterocycles. The number of aryl methyl sites for hydroxylation is 1. The molecule has 0 aliphatic heterocycles. The van der Waals surface area contributed by atoms with Crippen molar-refractivity contribution in [2.75, 3.05) is 26.9 Å². The molecule has 0 fully saturated rings. The number of ether oxygens (including phenoxy) is 2. The van der Waals surface area contributed by atoms with Crippen LogP contribution in [-0.2, 0) is 4.74 Å². The molecule has 1 atom stereocenters. The summed E-state index contributed by atoms with van der Waals surface area (Å²) in [5.74, 6) is 0.984. The maximum Gasteiger partial charge on any atom is 0.124 e. The van der Waals surface area contributed by atoms with Crippen molar-refractivity contribution in [3.63, 3.8) is 0 Å². The molecule has 3 heteroatoms. The first-order valence-corrected chi connectivity index (χ1v) is 7.14. The number of rotatable bonds is 9.